The van der Waals surface area contributed by atoms with E-state index in [1.165, 1.54) is 16.7 Å². The summed E-state index contributed by atoms with van der Waals surface area (Å²) in [6, 6.07) is 8.87. The van der Waals surface area contributed by atoms with Gasteiger partial charge in [0.2, 0.25) is 0 Å². The van der Waals surface area contributed by atoms with Gasteiger partial charge in [-0.2, -0.15) is 0 Å². The third kappa shape index (κ3) is 2.47. The Morgan fingerprint density at radius 1 is 1.00 bits per heavy atom. The second-order valence-electron chi connectivity index (χ2n) is 3.76. The maximum absolute atomic E-state index is 2.22. The van der Waals surface area contributed by atoms with E-state index in [0.29, 0.717) is 0 Å². The van der Waals surface area contributed by atoms with Crippen LogP contribution in [0.4, 0.5) is 0 Å². The summed E-state index contributed by atoms with van der Waals surface area (Å²) in [6.07, 6.45) is 12.8. The lowest BCUT2D eigenvalue weighted by Gasteiger charge is -2.05. The lowest BCUT2D eigenvalue weighted by atomic mass is 10.0. The van der Waals surface area contributed by atoms with Crippen molar-refractivity contribution in [3.05, 3.63) is 65.8 Å². The van der Waals surface area contributed by atoms with Gasteiger partial charge < -0.3 is 0 Å². The zero-order valence-electron chi connectivity index (χ0n) is 9.11. The highest BCUT2D eigenvalue weighted by atomic mass is 14.0. The number of benzene rings is 1. The van der Waals surface area contributed by atoms with E-state index in [2.05, 4.69) is 61.6 Å². The van der Waals surface area contributed by atoms with Gasteiger partial charge in [0, 0.05) is 0 Å². The van der Waals surface area contributed by atoms with Crippen molar-refractivity contribution in [2.45, 2.75) is 19.8 Å². The van der Waals surface area contributed by atoms with Crippen LogP contribution in [0.1, 0.15) is 24.5 Å². The number of allylic oxidation sites excluding steroid dienone is 6. The van der Waals surface area contributed by atoms with Crippen molar-refractivity contribution >= 4 is 5.57 Å². The molecule has 0 unspecified atom stereocenters. The van der Waals surface area contributed by atoms with Gasteiger partial charge in [-0.3, -0.25) is 0 Å². The summed E-state index contributed by atoms with van der Waals surface area (Å²) in [6.45, 7) is 2.19. The molecule has 0 atom stereocenters. The zero-order valence-corrected chi connectivity index (χ0v) is 9.11. The van der Waals surface area contributed by atoms with E-state index in [-0.39, 0.29) is 0 Å². The molecule has 0 saturated carbocycles. The van der Waals surface area contributed by atoms with E-state index >= 15 is 0 Å². The average Bonchev–Trinajstić information content (AvgIpc) is 2.58. The molecule has 0 saturated heterocycles. The summed E-state index contributed by atoms with van der Waals surface area (Å²) < 4.78 is 0. The van der Waals surface area contributed by atoms with Crippen LogP contribution in [0.25, 0.3) is 5.57 Å². The fraction of sp³-hybridized carbons (Fsp3) is 0.200. The van der Waals surface area contributed by atoms with Crippen LogP contribution in [-0.2, 0) is 6.42 Å². The maximum Gasteiger partial charge on any atom is -0.00884 e. The summed E-state index contributed by atoms with van der Waals surface area (Å²) in [5.74, 6) is 0. The minimum Gasteiger partial charge on any atom is -0.0801 e. The Hall–Kier alpha value is -1.56. The fourth-order valence-corrected chi connectivity index (χ4v) is 1.75. The van der Waals surface area contributed by atoms with Gasteiger partial charge >= 0.3 is 0 Å². The third-order valence-corrected chi connectivity index (χ3v) is 2.73. The van der Waals surface area contributed by atoms with Gasteiger partial charge in [-0.05, 0) is 29.5 Å². The lowest BCUT2D eigenvalue weighted by molar-refractivity contribution is 1.14. The van der Waals surface area contributed by atoms with Gasteiger partial charge in [-0.1, -0.05) is 61.6 Å². The van der Waals surface area contributed by atoms with Crippen molar-refractivity contribution in [2.24, 2.45) is 0 Å². The Morgan fingerprint density at radius 3 is 2.53 bits per heavy atom. The lowest BCUT2D eigenvalue weighted by Crippen LogP contribution is -1.85. The van der Waals surface area contributed by atoms with E-state index in [0.717, 1.165) is 12.8 Å². The van der Waals surface area contributed by atoms with Gasteiger partial charge in [-0.25, -0.2) is 0 Å². The standard InChI is InChI=1S/C15H16/c1-2-13-9-11-15(12-10-13)14-7-5-3-4-6-8-14/h3-7,9-12H,2,8H2,1H3. The molecule has 0 nitrogen and oxygen atoms in total. The van der Waals surface area contributed by atoms with Crippen LogP contribution in [-0.4, -0.2) is 0 Å². The molecule has 0 bridgehead atoms. The molecular formula is C15H16. The van der Waals surface area contributed by atoms with E-state index in [1.807, 2.05) is 0 Å². The van der Waals surface area contributed by atoms with Gasteiger partial charge in [0.25, 0.3) is 0 Å². The van der Waals surface area contributed by atoms with Crippen molar-refractivity contribution in [2.75, 3.05) is 0 Å². The quantitative estimate of drug-likeness (QED) is 0.666. The van der Waals surface area contributed by atoms with Crippen molar-refractivity contribution in [3.8, 4) is 0 Å². The highest BCUT2D eigenvalue weighted by Gasteiger charge is 1.99. The first-order valence-corrected chi connectivity index (χ1v) is 5.52. The second-order valence-corrected chi connectivity index (χ2v) is 3.76. The molecule has 0 aromatic heterocycles. The molecule has 1 aromatic rings. The Bertz CT molecular complexity index is 402. The van der Waals surface area contributed by atoms with Crippen molar-refractivity contribution in [1.82, 2.24) is 0 Å². The van der Waals surface area contributed by atoms with Crippen LogP contribution in [0.5, 0.6) is 0 Å². The zero-order chi connectivity index (χ0) is 10.5. The topological polar surface area (TPSA) is 0 Å². The molecule has 0 spiro atoms. The predicted octanol–water partition coefficient (Wildman–Crippen LogP) is 4.15. The molecular weight excluding hydrogens is 180 g/mol. The van der Waals surface area contributed by atoms with Crippen molar-refractivity contribution < 1.29 is 0 Å². The Morgan fingerprint density at radius 2 is 1.80 bits per heavy atom. The van der Waals surface area contributed by atoms with Gasteiger partial charge in [-0.15, -0.1) is 0 Å². The third-order valence-electron chi connectivity index (χ3n) is 2.73. The molecule has 0 amide bonds. The summed E-state index contributed by atoms with van der Waals surface area (Å²) in [7, 11) is 0. The number of rotatable bonds is 2. The van der Waals surface area contributed by atoms with Gasteiger partial charge in [0.15, 0.2) is 0 Å². The first kappa shape index (κ1) is 9.97. The number of aryl methyl sites for hydroxylation is 1. The summed E-state index contributed by atoms with van der Waals surface area (Å²) >= 11 is 0. The molecule has 1 aliphatic rings. The van der Waals surface area contributed by atoms with Crippen LogP contribution >= 0.6 is 0 Å². The van der Waals surface area contributed by atoms with E-state index in [1.54, 1.807) is 0 Å². The van der Waals surface area contributed by atoms with Gasteiger partial charge in [0.05, 0.1) is 0 Å². The van der Waals surface area contributed by atoms with Gasteiger partial charge in [0.1, 0.15) is 0 Å². The molecule has 0 N–H and O–H groups in total. The largest absolute Gasteiger partial charge is 0.0801 e. The average molecular weight is 196 g/mol. The molecule has 1 aromatic carbocycles. The minimum atomic E-state index is 1.03. The SMILES string of the molecule is CCc1ccc(C2=CC=CC=CC2)cc1. The Labute approximate surface area is 91.6 Å². The van der Waals surface area contributed by atoms with E-state index < -0.39 is 0 Å². The predicted molar refractivity (Wildman–Crippen MR) is 66.7 cm³/mol. The second kappa shape index (κ2) is 4.79. The number of hydrogen-bond donors (Lipinski definition) is 0. The molecule has 2 rings (SSSR count). The van der Waals surface area contributed by atoms with E-state index in [9.17, 15) is 0 Å². The maximum atomic E-state index is 2.22. The van der Waals surface area contributed by atoms with Crippen LogP contribution in [0, 0.1) is 0 Å². The monoisotopic (exact) mass is 196 g/mol. The number of hydrogen-bond acceptors (Lipinski definition) is 0. The summed E-state index contributed by atoms with van der Waals surface area (Å²) in [5.41, 5.74) is 4.13. The normalized spacial score (nSPS) is 14.9. The van der Waals surface area contributed by atoms with Crippen LogP contribution in [0.15, 0.2) is 54.6 Å². The Kier molecular flexibility index (Phi) is 3.18. The fourth-order valence-electron chi connectivity index (χ4n) is 1.75. The molecule has 76 valence electrons. The minimum absolute atomic E-state index is 1.03. The highest BCUT2D eigenvalue weighted by molar-refractivity contribution is 5.69. The van der Waals surface area contributed by atoms with E-state index in [4.69, 9.17) is 0 Å². The summed E-state index contributed by atoms with van der Waals surface area (Å²) in [4.78, 5) is 0. The molecule has 0 fully saturated rings. The molecule has 15 heavy (non-hydrogen) atoms. The summed E-state index contributed by atoms with van der Waals surface area (Å²) in [5, 5.41) is 0. The smallest absolute Gasteiger partial charge is 0.00884 e. The van der Waals surface area contributed by atoms with Crippen LogP contribution in [0.3, 0.4) is 0 Å². The van der Waals surface area contributed by atoms with Crippen LogP contribution < -0.4 is 0 Å². The van der Waals surface area contributed by atoms with Crippen LogP contribution in [0.2, 0.25) is 0 Å². The molecule has 0 radical (unpaired) electrons. The first-order valence-electron chi connectivity index (χ1n) is 5.52. The molecule has 1 aliphatic carbocycles. The molecule has 0 heterocycles. The van der Waals surface area contributed by atoms with Crippen molar-refractivity contribution in [3.63, 3.8) is 0 Å². The molecule has 0 heteroatoms. The first-order chi connectivity index (χ1) is 7.40. The molecule has 0 aliphatic heterocycles. The Balaban J connectivity index is 2.25. The van der Waals surface area contributed by atoms with Crippen molar-refractivity contribution in [1.29, 1.82) is 0 Å². The highest BCUT2D eigenvalue weighted by Crippen LogP contribution is 2.21.